The van der Waals surface area contributed by atoms with Crippen molar-refractivity contribution in [3.63, 3.8) is 0 Å². The van der Waals surface area contributed by atoms with Crippen LogP contribution in [-0.2, 0) is 16.1 Å². The predicted molar refractivity (Wildman–Crippen MR) is 139 cm³/mol. The Balaban J connectivity index is 1.58. The Morgan fingerprint density at radius 2 is 1.54 bits per heavy atom. The van der Waals surface area contributed by atoms with Crippen LogP contribution in [0.25, 0.3) is 16.3 Å². The third-order valence-electron chi connectivity index (χ3n) is 6.51. The number of ether oxygens (including phenoxy) is 1. The summed E-state index contributed by atoms with van der Waals surface area (Å²) < 4.78 is 5.23. The van der Waals surface area contributed by atoms with Gasteiger partial charge in [-0.25, -0.2) is 0 Å². The molecule has 5 nitrogen and oxygen atoms in total. The van der Waals surface area contributed by atoms with Gasteiger partial charge in [0, 0.05) is 11.1 Å². The van der Waals surface area contributed by atoms with Gasteiger partial charge >= 0.3 is 0 Å². The fraction of sp³-hybridized carbons (Fsp3) is 0.133. The maximum atomic E-state index is 13.7. The second kappa shape index (κ2) is 9.11. The first-order chi connectivity index (χ1) is 17.0. The first kappa shape index (κ1) is 22.4. The molecule has 35 heavy (non-hydrogen) atoms. The lowest BCUT2D eigenvalue weighted by molar-refractivity contribution is -0.137. The van der Waals surface area contributed by atoms with E-state index in [1.807, 2.05) is 98.8 Å². The molecule has 1 aliphatic rings. The van der Waals surface area contributed by atoms with Crippen LogP contribution in [0.5, 0.6) is 5.75 Å². The van der Waals surface area contributed by atoms with Gasteiger partial charge in [-0.15, -0.1) is 0 Å². The SMILES string of the molecule is COc1ccc(CN2C(=O)C(Nc3cccc4ccccc34)=C(c3ccc(C)c(C)c3)C2=O)cc1. The Bertz CT molecular complexity index is 1480. The van der Waals surface area contributed by atoms with Gasteiger partial charge in [-0.3, -0.25) is 14.5 Å². The Labute approximate surface area is 204 Å². The molecule has 0 radical (unpaired) electrons. The van der Waals surface area contributed by atoms with Crippen molar-refractivity contribution in [1.29, 1.82) is 0 Å². The van der Waals surface area contributed by atoms with Gasteiger partial charge < -0.3 is 10.1 Å². The van der Waals surface area contributed by atoms with Crippen molar-refractivity contribution < 1.29 is 14.3 Å². The first-order valence-corrected chi connectivity index (χ1v) is 11.5. The van der Waals surface area contributed by atoms with E-state index < -0.39 is 0 Å². The largest absolute Gasteiger partial charge is 0.497 e. The minimum absolute atomic E-state index is 0.177. The molecule has 174 valence electrons. The average Bonchev–Trinajstić information content (AvgIpc) is 3.10. The molecule has 1 aliphatic heterocycles. The molecule has 0 atom stereocenters. The molecule has 1 N–H and O–H groups in total. The first-order valence-electron chi connectivity index (χ1n) is 11.5. The van der Waals surface area contributed by atoms with Gasteiger partial charge in [0.15, 0.2) is 0 Å². The molecule has 0 unspecified atom stereocenters. The van der Waals surface area contributed by atoms with E-state index in [9.17, 15) is 9.59 Å². The standard InChI is InChI=1S/C30H26N2O3/c1-19-11-14-23(17-20(19)2)27-28(31-26-10-6-8-22-7-4-5-9-25(22)26)30(34)32(29(27)33)18-21-12-15-24(35-3)16-13-21/h4-17,31H,18H2,1-3H3. The summed E-state index contributed by atoms with van der Waals surface area (Å²) in [5.74, 6) is 0.0730. The number of imide groups is 1. The molecule has 0 spiro atoms. The molecule has 0 aromatic heterocycles. The molecule has 4 aromatic carbocycles. The minimum atomic E-state index is -0.341. The van der Waals surface area contributed by atoms with Crippen LogP contribution in [0.1, 0.15) is 22.3 Å². The number of anilines is 1. The second-order valence-corrected chi connectivity index (χ2v) is 8.75. The number of methoxy groups -OCH3 is 1. The normalized spacial score (nSPS) is 13.6. The average molecular weight is 463 g/mol. The zero-order valence-corrected chi connectivity index (χ0v) is 20.0. The third kappa shape index (κ3) is 4.17. The van der Waals surface area contributed by atoms with Gasteiger partial charge in [0.25, 0.3) is 11.8 Å². The highest BCUT2D eigenvalue weighted by atomic mass is 16.5. The van der Waals surface area contributed by atoms with Crippen molar-refractivity contribution in [3.05, 3.63) is 113 Å². The molecular formula is C30H26N2O3. The Kier molecular flexibility index (Phi) is 5.83. The van der Waals surface area contributed by atoms with E-state index in [4.69, 9.17) is 4.74 Å². The van der Waals surface area contributed by atoms with Crippen molar-refractivity contribution in [1.82, 2.24) is 4.90 Å². The quantitative estimate of drug-likeness (QED) is 0.365. The monoisotopic (exact) mass is 462 g/mol. The highest BCUT2D eigenvalue weighted by Crippen LogP contribution is 2.34. The molecule has 4 aromatic rings. The van der Waals surface area contributed by atoms with Gasteiger partial charge in [0.2, 0.25) is 0 Å². The third-order valence-corrected chi connectivity index (χ3v) is 6.51. The summed E-state index contributed by atoms with van der Waals surface area (Å²) in [6.45, 7) is 4.21. The molecule has 1 heterocycles. The van der Waals surface area contributed by atoms with Crippen molar-refractivity contribution in [2.75, 3.05) is 12.4 Å². The number of benzene rings is 4. The number of nitrogens with zero attached hydrogens (tertiary/aromatic N) is 1. The smallest absolute Gasteiger partial charge is 0.278 e. The fourth-order valence-corrected chi connectivity index (χ4v) is 4.38. The Morgan fingerprint density at radius 1 is 0.800 bits per heavy atom. The van der Waals surface area contributed by atoms with E-state index in [1.165, 1.54) is 4.90 Å². The Morgan fingerprint density at radius 3 is 2.29 bits per heavy atom. The van der Waals surface area contributed by atoms with E-state index in [0.29, 0.717) is 11.3 Å². The van der Waals surface area contributed by atoms with Crippen LogP contribution >= 0.6 is 0 Å². The molecule has 2 amide bonds. The molecule has 0 fully saturated rings. The van der Waals surface area contributed by atoms with E-state index in [2.05, 4.69) is 5.32 Å². The summed E-state index contributed by atoms with van der Waals surface area (Å²) >= 11 is 0. The van der Waals surface area contributed by atoms with E-state index in [1.54, 1.807) is 7.11 Å². The van der Waals surface area contributed by atoms with Crippen molar-refractivity contribution >= 4 is 33.8 Å². The topological polar surface area (TPSA) is 58.6 Å². The highest BCUT2D eigenvalue weighted by Gasteiger charge is 2.39. The van der Waals surface area contributed by atoms with Gasteiger partial charge in [-0.2, -0.15) is 0 Å². The Hall–Kier alpha value is -4.38. The van der Waals surface area contributed by atoms with Crippen LogP contribution in [-0.4, -0.2) is 23.8 Å². The zero-order chi connectivity index (χ0) is 24.5. The summed E-state index contributed by atoms with van der Waals surface area (Å²) in [6, 6.07) is 27.1. The number of carbonyl (C=O) groups excluding carboxylic acids is 2. The van der Waals surface area contributed by atoms with Crippen molar-refractivity contribution in [2.24, 2.45) is 0 Å². The summed E-state index contributed by atoms with van der Waals surface area (Å²) in [5, 5.41) is 5.36. The van der Waals surface area contributed by atoms with E-state index in [-0.39, 0.29) is 18.4 Å². The second-order valence-electron chi connectivity index (χ2n) is 8.75. The van der Waals surface area contributed by atoms with Crippen LogP contribution < -0.4 is 10.1 Å². The zero-order valence-electron chi connectivity index (χ0n) is 20.0. The lowest BCUT2D eigenvalue weighted by Gasteiger charge is -2.16. The van der Waals surface area contributed by atoms with Gasteiger partial charge in [-0.1, -0.05) is 66.7 Å². The van der Waals surface area contributed by atoms with Crippen LogP contribution in [0.3, 0.4) is 0 Å². The van der Waals surface area contributed by atoms with Crippen LogP contribution in [0.4, 0.5) is 5.69 Å². The molecule has 5 rings (SSSR count). The van der Waals surface area contributed by atoms with E-state index in [0.717, 1.165) is 44.5 Å². The summed E-state index contributed by atoms with van der Waals surface area (Å²) in [6.07, 6.45) is 0. The van der Waals surface area contributed by atoms with Crippen molar-refractivity contribution in [2.45, 2.75) is 20.4 Å². The number of hydrogen-bond acceptors (Lipinski definition) is 4. The number of amides is 2. The molecule has 0 aliphatic carbocycles. The lowest BCUT2D eigenvalue weighted by Crippen LogP contribution is -2.32. The lowest BCUT2D eigenvalue weighted by atomic mass is 9.99. The number of carbonyl (C=O) groups is 2. The number of rotatable bonds is 6. The summed E-state index contributed by atoms with van der Waals surface area (Å²) in [4.78, 5) is 28.7. The number of hydrogen-bond donors (Lipinski definition) is 1. The van der Waals surface area contributed by atoms with E-state index >= 15 is 0 Å². The number of nitrogens with one attached hydrogen (secondary N) is 1. The van der Waals surface area contributed by atoms with Crippen LogP contribution in [0, 0.1) is 13.8 Å². The maximum Gasteiger partial charge on any atom is 0.278 e. The van der Waals surface area contributed by atoms with Crippen LogP contribution in [0.15, 0.2) is 90.6 Å². The minimum Gasteiger partial charge on any atom is -0.497 e. The molecular weight excluding hydrogens is 436 g/mol. The van der Waals surface area contributed by atoms with Gasteiger partial charge in [0.1, 0.15) is 11.4 Å². The molecule has 5 heteroatoms. The van der Waals surface area contributed by atoms with Crippen LogP contribution in [0.2, 0.25) is 0 Å². The number of fused-ring (bicyclic) bond motifs is 1. The molecule has 0 bridgehead atoms. The maximum absolute atomic E-state index is 13.7. The number of aryl methyl sites for hydroxylation is 2. The summed E-state index contributed by atoms with van der Waals surface area (Å²) in [7, 11) is 1.60. The molecule has 0 saturated carbocycles. The summed E-state index contributed by atoms with van der Waals surface area (Å²) in [5.41, 5.74) is 5.23. The molecule has 0 saturated heterocycles. The van der Waals surface area contributed by atoms with Gasteiger partial charge in [0.05, 0.1) is 19.2 Å². The fourth-order valence-electron chi connectivity index (χ4n) is 4.38. The highest BCUT2D eigenvalue weighted by molar-refractivity contribution is 6.36. The van der Waals surface area contributed by atoms with Crippen molar-refractivity contribution in [3.8, 4) is 5.75 Å². The van der Waals surface area contributed by atoms with Gasteiger partial charge in [-0.05, 0) is 59.7 Å². The predicted octanol–water partition coefficient (Wildman–Crippen LogP) is 5.86.